The number of rotatable bonds is 3. The number of amides is 1. The van der Waals surface area contributed by atoms with Gasteiger partial charge >= 0.3 is 0 Å². The Hall–Kier alpha value is -2.04. The van der Waals surface area contributed by atoms with Crippen molar-refractivity contribution in [1.29, 1.82) is 0 Å². The van der Waals surface area contributed by atoms with Gasteiger partial charge in [-0.1, -0.05) is 0 Å². The summed E-state index contributed by atoms with van der Waals surface area (Å²) in [5.41, 5.74) is 0.638. The lowest BCUT2D eigenvalue weighted by Crippen LogP contribution is -2.38. The lowest BCUT2D eigenvalue weighted by Gasteiger charge is -2.29. The summed E-state index contributed by atoms with van der Waals surface area (Å²) in [5.74, 6) is 0.645. The van der Waals surface area contributed by atoms with Crippen LogP contribution in [0.15, 0.2) is 35.2 Å². The first-order valence-electron chi connectivity index (χ1n) is 7.08. The van der Waals surface area contributed by atoms with Crippen LogP contribution in [0.25, 0.3) is 0 Å². The Morgan fingerprint density at radius 1 is 1.40 bits per heavy atom. The zero-order valence-corrected chi connectivity index (χ0v) is 11.6. The van der Waals surface area contributed by atoms with E-state index in [1.54, 1.807) is 12.3 Å². The monoisotopic (exact) mass is 273 g/mol. The molecule has 3 rings (SSSR count). The molecule has 1 fully saturated rings. The highest BCUT2D eigenvalue weighted by molar-refractivity contribution is 5.95. The smallest absolute Gasteiger partial charge is 0.255 e. The van der Waals surface area contributed by atoms with E-state index in [4.69, 9.17) is 4.42 Å². The Labute approximate surface area is 118 Å². The van der Waals surface area contributed by atoms with Gasteiger partial charge in [-0.2, -0.15) is 5.10 Å². The molecule has 0 unspecified atom stereocenters. The molecule has 5 nitrogen and oxygen atoms in total. The first kappa shape index (κ1) is 13.0. The Balaban J connectivity index is 1.54. The molecule has 5 heteroatoms. The average Bonchev–Trinajstić information content (AvgIpc) is 3.10. The van der Waals surface area contributed by atoms with Crippen LogP contribution in [-0.2, 0) is 0 Å². The summed E-state index contributed by atoms with van der Waals surface area (Å²) in [7, 11) is 0. The predicted octanol–water partition coefficient (Wildman–Crippen LogP) is 2.70. The molecule has 2 heterocycles. The van der Waals surface area contributed by atoms with E-state index >= 15 is 0 Å². The third-order valence-electron chi connectivity index (χ3n) is 4.03. The van der Waals surface area contributed by atoms with Gasteiger partial charge in [0.2, 0.25) is 0 Å². The molecule has 0 aromatic carbocycles. The van der Waals surface area contributed by atoms with E-state index in [0.29, 0.717) is 17.4 Å². The number of carbonyl (C=O) groups is 1. The number of aryl methyl sites for hydroxylation is 1. The number of hydrogen-bond donors (Lipinski definition) is 1. The highest BCUT2D eigenvalue weighted by atomic mass is 16.3. The van der Waals surface area contributed by atoms with E-state index in [0.717, 1.165) is 25.7 Å². The molecule has 1 aliphatic carbocycles. The van der Waals surface area contributed by atoms with Crippen LogP contribution in [0.2, 0.25) is 0 Å². The molecular formula is C15H19N3O2. The first-order chi connectivity index (χ1) is 9.74. The van der Waals surface area contributed by atoms with Crippen molar-refractivity contribution in [3.63, 3.8) is 0 Å². The maximum atomic E-state index is 12.1. The fraction of sp³-hybridized carbons (Fsp3) is 0.467. The van der Waals surface area contributed by atoms with Crippen molar-refractivity contribution >= 4 is 5.91 Å². The standard InChI is InChI=1S/C15H19N3O2/c1-11-14(7-10-20-11)15(19)17-12-3-5-13(6-4-12)18-9-2-8-16-18/h2,7-10,12-13H,3-6H2,1H3,(H,17,19). The number of aromatic nitrogens is 2. The van der Waals surface area contributed by atoms with Gasteiger partial charge < -0.3 is 9.73 Å². The van der Waals surface area contributed by atoms with Gasteiger partial charge in [0.05, 0.1) is 17.9 Å². The Bertz CT molecular complexity index is 566. The number of carbonyl (C=O) groups excluding carboxylic acids is 1. The zero-order chi connectivity index (χ0) is 13.9. The van der Waals surface area contributed by atoms with Crippen LogP contribution in [0.5, 0.6) is 0 Å². The third kappa shape index (κ3) is 2.61. The maximum Gasteiger partial charge on any atom is 0.255 e. The number of nitrogens with zero attached hydrogens (tertiary/aromatic N) is 2. The fourth-order valence-corrected chi connectivity index (χ4v) is 2.86. The molecule has 1 amide bonds. The average molecular weight is 273 g/mol. The largest absolute Gasteiger partial charge is 0.469 e. The predicted molar refractivity (Wildman–Crippen MR) is 74.4 cm³/mol. The van der Waals surface area contributed by atoms with Crippen LogP contribution < -0.4 is 5.32 Å². The molecule has 106 valence electrons. The van der Waals surface area contributed by atoms with E-state index in [1.165, 1.54) is 0 Å². The van der Waals surface area contributed by atoms with E-state index in [1.807, 2.05) is 30.1 Å². The normalized spacial score (nSPS) is 22.6. The maximum absolute atomic E-state index is 12.1. The van der Waals surface area contributed by atoms with E-state index in [-0.39, 0.29) is 11.9 Å². The van der Waals surface area contributed by atoms with Gasteiger partial charge in [0.15, 0.2) is 0 Å². The number of nitrogens with one attached hydrogen (secondary N) is 1. The number of furan rings is 1. The van der Waals surface area contributed by atoms with Crippen molar-refractivity contribution in [1.82, 2.24) is 15.1 Å². The molecule has 0 atom stereocenters. The summed E-state index contributed by atoms with van der Waals surface area (Å²) >= 11 is 0. The quantitative estimate of drug-likeness (QED) is 0.935. The molecule has 0 radical (unpaired) electrons. The topological polar surface area (TPSA) is 60.1 Å². The minimum Gasteiger partial charge on any atom is -0.469 e. The lowest BCUT2D eigenvalue weighted by molar-refractivity contribution is 0.0920. The van der Waals surface area contributed by atoms with E-state index < -0.39 is 0 Å². The molecule has 2 aromatic rings. The second-order valence-electron chi connectivity index (χ2n) is 5.36. The van der Waals surface area contributed by atoms with Gasteiger partial charge in [0, 0.05) is 18.4 Å². The van der Waals surface area contributed by atoms with Crippen molar-refractivity contribution in [3.8, 4) is 0 Å². The Kier molecular flexibility index (Phi) is 3.58. The molecule has 0 bridgehead atoms. The van der Waals surface area contributed by atoms with Gasteiger partial charge in [-0.05, 0) is 44.7 Å². The molecule has 0 spiro atoms. The number of hydrogen-bond acceptors (Lipinski definition) is 3. The minimum atomic E-state index is -0.0289. The van der Waals surface area contributed by atoms with Crippen LogP contribution in [-0.4, -0.2) is 21.7 Å². The minimum absolute atomic E-state index is 0.0289. The summed E-state index contributed by atoms with van der Waals surface area (Å²) in [5, 5.41) is 7.39. The first-order valence-corrected chi connectivity index (χ1v) is 7.08. The van der Waals surface area contributed by atoms with Crippen molar-refractivity contribution in [2.24, 2.45) is 0 Å². The van der Waals surface area contributed by atoms with Gasteiger partial charge in [0.1, 0.15) is 5.76 Å². The van der Waals surface area contributed by atoms with Gasteiger partial charge in [-0.25, -0.2) is 0 Å². The molecule has 1 N–H and O–H groups in total. The van der Waals surface area contributed by atoms with Crippen LogP contribution in [0.4, 0.5) is 0 Å². The van der Waals surface area contributed by atoms with Gasteiger partial charge in [-0.3, -0.25) is 9.48 Å². The molecule has 1 aliphatic rings. The van der Waals surface area contributed by atoms with Crippen molar-refractivity contribution in [3.05, 3.63) is 42.1 Å². The molecule has 0 saturated heterocycles. The fourth-order valence-electron chi connectivity index (χ4n) is 2.86. The summed E-state index contributed by atoms with van der Waals surface area (Å²) < 4.78 is 7.19. The summed E-state index contributed by atoms with van der Waals surface area (Å²) in [6.07, 6.45) is 9.47. The highest BCUT2D eigenvalue weighted by Crippen LogP contribution is 2.28. The molecule has 2 aromatic heterocycles. The highest BCUT2D eigenvalue weighted by Gasteiger charge is 2.24. The molecule has 0 aliphatic heterocycles. The van der Waals surface area contributed by atoms with Crippen LogP contribution >= 0.6 is 0 Å². The summed E-state index contributed by atoms with van der Waals surface area (Å²) in [4.78, 5) is 12.1. The Morgan fingerprint density at radius 3 is 2.80 bits per heavy atom. The van der Waals surface area contributed by atoms with Crippen LogP contribution in [0.1, 0.15) is 47.8 Å². The van der Waals surface area contributed by atoms with Gasteiger partial charge in [0.25, 0.3) is 5.91 Å². The summed E-state index contributed by atoms with van der Waals surface area (Å²) in [6, 6.07) is 4.40. The molecule has 1 saturated carbocycles. The van der Waals surface area contributed by atoms with Crippen molar-refractivity contribution in [2.45, 2.75) is 44.7 Å². The van der Waals surface area contributed by atoms with E-state index in [9.17, 15) is 4.79 Å². The SMILES string of the molecule is Cc1occc1C(=O)NC1CCC(n2cccn2)CC1. The second kappa shape index (κ2) is 5.53. The van der Waals surface area contributed by atoms with Gasteiger partial charge in [-0.15, -0.1) is 0 Å². The Morgan fingerprint density at radius 2 is 2.20 bits per heavy atom. The van der Waals surface area contributed by atoms with Crippen LogP contribution in [0.3, 0.4) is 0 Å². The van der Waals surface area contributed by atoms with E-state index in [2.05, 4.69) is 10.4 Å². The zero-order valence-electron chi connectivity index (χ0n) is 11.6. The van der Waals surface area contributed by atoms with Crippen LogP contribution in [0, 0.1) is 6.92 Å². The lowest BCUT2D eigenvalue weighted by atomic mass is 9.91. The summed E-state index contributed by atoms with van der Waals surface area (Å²) in [6.45, 7) is 1.81. The molecular weight excluding hydrogens is 254 g/mol. The molecule has 20 heavy (non-hydrogen) atoms. The second-order valence-corrected chi connectivity index (χ2v) is 5.36. The van der Waals surface area contributed by atoms with Crippen molar-refractivity contribution in [2.75, 3.05) is 0 Å². The third-order valence-corrected chi connectivity index (χ3v) is 4.03. The van der Waals surface area contributed by atoms with Crippen molar-refractivity contribution < 1.29 is 9.21 Å².